The second-order valence-electron chi connectivity index (χ2n) is 7.98. The molecule has 5 heteroatoms. The van der Waals surface area contributed by atoms with Crippen LogP contribution in [-0.2, 0) is 9.53 Å². The van der Waals surface area contributed by atoms with E-state index in [-0.39, 0.29) is 18.1 Å². The van der Waals surface area contributed by atoms with E-state index >= 15 is 0 Å². The van der Waals surface area contributed by atoms with E-state index in [1.807, 2.05) is 6.07 Å². The number of H-pyrrole nitrogens is 1. The highest BCUT2D eigenvalue weighted by Gasteiger charge is 2.27. The molecule has 0 spiro atoms. The standard InChI is InChI=1S/C22H30N2O3/c1-26-17-8-9-21-19(12-17)20(14-23-21)15-5-4-6-16(11-15)24-22(25)13-18-7-2-3-10-27-18/h8-9,12,14-16,18,23H,2-7,10-11,13H2,1H3,(H,24,25)/t15-,16+,18+/m1/s1. The minimum absolute atomic E-state index is 0.110. The van der Waals surface area contributed by atoms with Gasteiger partial charge in [0.15, 0.2) is 0 Å². The number of benzene rings is 1. The van der Waals surface area contributed by atoms with Crippen molar-refractivity contribution in [3.05, 3.63) is 30.0 Å². The summed E-state index contributed by atoms with van der Waals surface area (Å²) in [7, 11) is 1.70. The van der Waals surface area contributed by atoms with E-state index in [0.29, 0.717) is 12.3 Å². The summed E-state index contributed by atoms with van der Waals surface area (Å²) < 4.78 is 11.1. The number of carbonyl (C=O) groups is 1. The van der Waals surface area contributed by atoms with Crippen LogP contribution in [-0.4, -0.2) is 36.8 Å². The lowest BCUT2D eigenvalue weighted by atomic mass is 9.81. The number of hydrogen-bond donors (Lipinski definition) is 2. The third kappa shape index (κ3) is 4.29. The van der Waals surface area contributed by atoms with Crippen LogP contribution in [0.25, 0.3) is 10.9 Å². The minimum atomic E-state index is 0.110. The van der Waals surface area contributed by atoms with Crippen molar-refractivity contribution in [3.8, 4) is 5.75 Å². The number of aromatic amines is 1. The van der Waals surface area contributed by atoms with E-state index in [1.54, 1.807) is 7.11 Å². The van der Waals surface area contributed by atoms with Gasteiger partial charge in [-0.3, -0.25) is 4.79 Å². The Morgan fingerprint density at radius 2 is 2.19 bits per heavy atom. The maximum Gasteiger partial charge on any atom is 0.222 e. The van der Waals surface area contributed by atoms with Crippen LogP contribution in [0.5, 0.6) is 5.75 Å². The number of rotatable bonds is 5. The first-order chi connectivity index (χ1) is 13.2. The maximum atomic E-state index is 12.5. The van der Waals surface area contributed by atoms with E-state index in [4.69, 9.17) is 9.47 Å². The Labute approximate surface area is 160 Å². The van der Waals surface area contributed by atoms with Crippen molar-refractivity contribution in [2.75, 3.05) is 13.7 Å². The third-order valence-electron chi connectivity index (χ3n) is 6.09. The van der Waals surface area contributed by atoms with Crippen LogP contribution in [0.2, 0.25) is 0 Å². The highest BCUT2D eigenvalue weighted by molar-refractivity contribution is 5.85. The number of carbonyl (C=O) groups excluding carboxylic acids is 1. The molecule has 0 unspecified atom stereocenters. The zero-order valence-electron chi connectivity index (χ0n) is 16.1. The number of hydrogen-bond acceptors (Lipinski definition) is 3. The van der Waals surface area contributed by atoms with Crippen molar-refractivity contribution in [1.82, 2.24) is 10.3 Å². The average Bonchev–Trinajstić information content (AvgIpc) is 3.12. The van der Waals surface area contributed by atoms with Crippen molar-refractivity contribution in [3.63, 3.8) is 0 Å². The lowest BCUT2D eigenvalue weighted by Gasteiger charge is -2.30. The molecule has 146 valence electrons. The molecule has 27 heavy (non-hydrogen) atoms. The van der Waals surface area contributed by atoms with Crippen molar-refractivity contribution >= 4 is 16.8 Å². The minimum Gasteiger partial charge on any atom is -0.497 e. The molecule has 2 aromatic rings. The zero-order valence-corrected chi connectivity index (χ0v) is 16.1. The molecule has 1 aromatic heterocycles. The predicted molar refractivity (Wildman–Crippen MR) is 106 cm³/mol. The topological polar surface area (TPSA) is 63.3 Å². The molecule has 2 fully saturated rings. The Morgan fingerprint density at radius 1 is 1.26 bits per heavy atom. The molecule has 0 radical (unpaired) electrons. The van der Waals surface area contributed by atoms with Crippen LogP contribution < -0.4 is 10.1 Å². The smallest absolute Gasteiger partial charge is 0.222 e. The Kier molecular flexibility index (Phi) is 5.67. The van der Waals surface area contributed by atoms with Gasteiger partial charge in [0.25, 0.3) is 0 Å². The molecule has 1 aromatic carbocycles. The maximum absolute atomic E-state index is 12.5. The zero-order chi connectivity index (χ0) is 18.6. The van der Waals surface area contributed by atoms with Crippen LogP contribution in [0.4, 0.5) is 0 Å². The molecule has 1 aliphatic carbocycles. The van der Waals surface area contributed by atoms with Gasteiger partial charge in [-0.1, -0.05) is 6.42 Å². The van der Waals surface area contributed by atoms with Gasteiger partial charge in [-0.15, -0.1) is 0 Å². The first-order valence-corrected chi connectivity index (χ1v) is 10.3. The lowest BCUT2D eigenvalue weighted by Crippen LogP contribution is -2.40. The third-order valence-corrected chi connectivity index (χ3v) is 6.09. The molecule has 1 aliphatic heterocycles. The van der Waals surface area contributed by atoms with Crippen molar-refractivity contribution < 1.29 is 14.3 Å². The lowest BCUT2D eigenvalue weighted by molar-refractivity contribution is -0.125. The van der Waals surface area contributed by atoms with Gasteiger partial charge in [0.05, 0.1) is 19.6 Å². The molecule has 1 saturated carbocycles. The molecule has 2 aliphatic rings. The highest BCUT2D eigenvalue weighted by Crippen LogP contribution is 2.37. The van der Waals surface area contributed by atoms with Gasteiger partial charge in [0.2, 0.25) is 5.91 Å². The molecule has 4 rings (SSSR count). The Hall–Kier alpha value is -2.01. The Bertz CT molecular complexity index is 779. The van der Waals surface area contributed by atoms with E-state index in [0.717, 1.165) is 50.0 Å². The summed E-state index contributed by atoms with van der Waals surface area (Å²) in [5.41, 5.74) is 2.49. The second kappa shape index (κ2) is 8.34. The van der Waals surface area contributed by atoms with Crippen LogP contribution in [0.3, 0.4) is 0 Å². The number of aromatic nitrogens is 1. The monoisotopic (exact) mass is 370 g/mol. The Morgan fingerprint density at radius 3 is 3.00 bits per heavy atom. The predicted octanol–water partition coefficient (Wildman–Crippen LogP) is 4.28. The van der Waals surface area contributed by atoms with Gasteiger partial charge in [-0.05, 0) is 68.2 Å². The fourth-order valence-corrected chi connectivity index (χ4v) is 4.65. The summed E-state index contributed by atoms with van der Waals surface area (Å²) in [5.74, 6) is 1.50. The van der Waals surface area contributed by atoms with Crippen LogP contribution in [0.15, 0.2) is 24.4 Å². The summed E-state index contributed by atoms with van der Waals surface area (Å²) in [6, 6.07) is 6.43. The first kappa shape index (κ1) is 18.4. The quantitative estimate of drug-likeness (QED) is 0.826. The Balaban J connectivity index is 1.40. The summed E-state index contributed by atoms with van der Waals surface area (Å²) in [5, 5.41) is 4.51. The van der Waals surface area contributed by atoms with E-state index in [1.165, 1.54) is 23.8 Å². The molecule has 3 atom stereocenters. The number of ether oxygens (including phenoxy) is 2. The second-order valence-corrected chi connectivity index (χ2v) is 7.98. The summed E-state index contributed by atoms with van der Waals surface area (Å²) >= 11 is 0. The molecule has 2 N–H and O–H groups in total. The fraction of sp³-hybridized carbons (Fsp3) is 0.591. The molecule has 2 heterocycles. The molecule has 0 bridgehead atoms. The average molecular weight is 370 g/mol. The van der Waals surface area contributed by atoms with Gasteiger partial charge in [-0.25, -0.2) is 0 Å². The number of nitrogens with one attached hydrogen (secondary N) is 2. The van der Waals surface area contributed by atoms with Gasteiger partial charge in [0, 0.05) is 29.7 Å². The normalized spacial score (nSPS) is 26.0. The SMILES string of the molecule is COc1ccc2[nH]cc([C@@H]3CCC[C@H](NC(=O)C[C@@H]4CCCCO4)C3)c2c1. The van der Waals surface area contributed by atoms with Crippen LogP contribution in [0.1, 0.15) is 62.8 Å². The van der Waals surface area contributed by atoms with Crippen LogP contribution in [0, 0.1) is 0 Å². The number of fused-ring (bicyclic) bond motifs is 1. The molecule has 5 nitrogen and oxygen atoms in total. The van der Waals surface area contributed by atoms with Crippen molar-refractivity contribution in [1.29, 1.82) is 0 Å². The first-order valence-electron chi connectivity index (χ1n) is 10.3. The van der Waals surface area contributed by atoms with Crippen molar-refractivity contribution in [2.24, 2.45) is 0 Å². The van der Waals surface area contributed by atoms with Crippen molar-refractivity contribution in [2.45, 2.75) is 69.4 Å². The molecular weight excluding hydrogens is 340 g/mol. The van der Waals surface area contributed by atoms with Gasteiger partial charge < -0.3 is 19.8 Å². The van der Waals surface area contributed by atoms with Gasteiger partial charge in [0.1, 0.15) is 5.75 Å². The number of methoxy groups -OCH3 is 1. The molecular formula is C22H30N2O3. The van der Waals surface area contributed by atoms with Gasteiger partial charge in [-0.2, -0.15) is 0 Å². The summed E-state index contributed by atoms with van der Waals surface area (Å²) in [4.78, 5) is 15.8. The van der Waals surface area contributed by atoms with Gasteiger partial charge >= 0.3 is 0 Å². The van der Waals surface area contributed by atoms with E-state index in [9.17, 15) is 4.79 Å². The van der Waals surface area contributed by atoms with Crippen LogP contribution >= 0.6 is 0 Å². The summed E-state index contributed by atoms with van der Waals surface area (Å²) in [6.07, 6.45) is 10.4. The summed E-state index contributed by atoms with van der Waals surface area (Å²) in [6.45, 7) is 0.799. The molecule has 1 saturated heterocycles. The molecule has 1 amide bonds. The largest absolute Gasteiger partial charge is 0.497 e. The van der Waals surface area contributed by atoms with E-state index < -0.39 is 0 Å². The fourth-order valence-electron chi connectivity index (χ4n) is 4.65. The number of amides is 1. The highest BCUT2D eigenvalue weighted by atomic mass is 16.5. The van der Waals surface area contributed by atoms with E-state index in [2.05, 4.69) is 28.6 Å².